The molecular formula is C10H19F4N3O2S. The van der Waals surface area contributed by atoms with Crippen molar-refractivity contribution < 1.29 is 26.0 Å². The molecule has 1 unspecified atom stereocenters. The van der Waals surface area contributed by atoms with Crippen molar-refractivity contribution in [3.63, 3.8) is 0 Å². The van der Waals surface area contributed by atoms with Crippen LogP contribution < -0.4 is 10.0 Å². The molecule has 20 heavy (non-hydrogen) atoms. The summed E-state index contributed by atoms with van der Waals surface area (Å²) in [5.41, 5.74) is 0. The van der Waals surface area contributed by atoms with E-state index < -0.39 is 29.1 Å². The van der Waals surface area contributed by atoms with Crippen LogP contribution >= 0.6 is 0 Å². The van der Waals surface area contributed by atoms with Crippen molar-refractivity contribution in [1.82, 2.24) is 14.3 Å². The van der Waals surface area contributed by atoms with Crippen LogP contribution in [0.2, 0.25) is 0 Å². The summed E-state index contributed by atoms with van der Waals surface area (Å²) in [6, 6.07) is 0. The topological polar surface area (TPSA) is 61.4 Å². The second kappa shape index (κ2) is 7.01. The number of rotatable bonds is 7. The van der Waals surface area contributed by atoms with Gasteiger partial charge in [-0.2, -0.15) is 26.2 Å². The molecule has 0 spiro atoms. The van der Waals surface area contributed by atoms with Gasteiger partial charge in [0, 0.05) is 13.1 Å². The molecule has 0 radical (unpaired) electrons. The molecule has 1 rings (SSSR count). The van der Waals surface area contributed by atoms with Crippen LogP contribution in [0.3, 0.4) is 0 Å². The lowest BCUT2D eigenvalue weighted by Crippen LogP contribution is -2.50. The summed E-state index contributed by atoms with van der Waals surface area (Å²) in [6.45, 7) is -0.592. The fourth-order valence-electron chi connectivity index (χ4n) is 2.06. The van der Waals surface area contributed by atoms with Crippen LogP contribution in [0.1, 0.15) is 12.8 Å². The van der Waals surface area contributed by atoms with E-state index in [-0.39, 0.29) is 19.0 Å². The molecule has 0 bridgehead atoms. The molecule has 0 saturated carbocycles. The highest BCUT2D eigenvalue weighted by atomic mass is 32.2. The van der Waals surface area contributed by atoms with E-state index in [2.05, 4.69) is 5.32 Å². The molecule has 2 N–H and O–H groups in total. The van der Waals surface area contributed by atoms with Gasteiger partial charge in [-0.15, -0.1) is 0 Å². The van der Waals surface area contributed by atoms with Crippen molar-refractivity contribution >= 4 is 10.2 Å². The van der Waals surface area contributed by atoms with Gasteiger partial charge in [0.2, 0.25) is 0 Å². The van der Waals surface area contributed by atoms with Crippen molar-refractivity contribution in [1.29, 1.82) is 0 Å². The third kappa shape index (κ3) is 4.83. The third-order valence-electron chi connectivity index (χ3n) is 3.12. The molecule has 0 aromatic carbocycles. The number of hydrogen-bond acceptors (Lipinski definition) is 3. The van der Waals surface area contributed by atoms with E-state index in [4.69, 9.17) is 0 Å². The molecule has 1 aliphatic rings. The van der Waals surface area contributed by atoms with Gasteiger partial charge in [-0.25, -0.2) is 8.78 Å². The monoisotopic (exact) mass is 321 g/mol. The molecule has 0 aromatic rings. The minimum atomic E-state index is -4.37. The van der Waals surface area contributed by atoms with E-state index in [1.54, 1.807) is 11.8 Å². The highest BCUT2D eigenvalue weighted by Crippen LogP contribution is 2.23. The summed E-state index contributed by atoms with van der Waals surface area (Å²) in [7, 11) is -2.43. The van der Waals surface area contributed by atoms with Crippen LogP contribution in [0, 0.1) is 5.92 Å². The lowest BCUT2D eigenvalue weighted by molar-refractivity contribution is -0.122. The molecule has 10 heteroatoms. The van der Waals surface area contributed by atoms with Gasteiger partial charge in [-0.1, -0.05) is 0 Å². The number of nitrogens with one attached hydrogen (secondary N) is 2. The van der Waals surface area contributed by atoms with Crippen LogP contribution in [-0.4, -0.2) is 58.3 Å². The second-order valence-electron chi connectivity index (χ2n) is 4.81. The van der Waals surface area contributed by atoms with Gasteiger partial charge in [-0.05, 0) is 32.4 Å². The maximum absolute atomic E-state index is 12.7. The van der Waals surface area contributed by atoms with E-state index >= 15 is 0 Å². The Morgan fingerprint density at radius 1 is 1.40 bits per heavy atom. The molecule has 5 nitrogen and oxygen atoms in total. The van der Waals surface area contributed by atoms with Crippen LogP contribution in [0.15, 0.2) is 0 Å². The largest absolute Gasteiger partial charge is 0.320 e. The highest BCUT2D eigenvalue weighted by Gasteiger charge is 2.42. The quantitative estimate of drug-likeness (QED) is 0.677. The standard InChI is InChI=1S/C10H19F4N3O2S/c1-15-5-8-3-2-4-17(6-8)20(18,19)16-7-10(13,14)9(11)12/h8-9,15-16H,2-7H2,1H3. The Bertz CT molecular complexity index is 403. The van der Waals surface area contributed by atoms with Crippen LogP contribution in [0.5, 0.6) is 0 Å². The summed E-state index contributed by atoms with van der Waals surface area (Å²) in [5.74, 6) is -4.28. The minimum absolute atomic E-state index is 0.0842. The Kier molecular flexibility index (Phi) is 6.17. The third-order valence-corrected chi connectivity index (χ3v) is 4.64. The lowest BCUT2D eigenvalue weighted by atomic mass is 10.00. The normalized spacial score (nSPS) is 22.4. The van der Waals surface area contributed by atoms with Crippen molar-refractivity contribution in [3.05, 3.63) is 0 Å². The maximum atomic E-state index is 12.7. The van der Waals surface area contributed by atoms with E-state index in [0.29, 0.717) is 13.0 Å². The van der Waals surface area contributed by atoms with Gasteiger partial charge in [0.25, 0.3) is 10.2 Å². The fourth-order valence-corrected chi connectivity index (χ4v) is 3.39. The Balaban J connectivity index is 2.60. The first-order valence-corrected chi connectivity index (χ1v) is 7.68. The molecule has 1 atom stereocenters. The first kappa shape index (κ1) is 17.6. The van der Waals surface area contributed by atoms with Gasteiger partial charge in [0.05, 0.1) is 6.54 Å². The molecule has 0 amide bonds. The van der Waals surface area contributed by atoms with Gasteiger partial charge >= 0.3 is 12.3 Å². The Hall–Kier alpha value is -0.450. The summed E-state index contributed by atoms with van der Waals surface area (Å²) < 4.78 is 75.7. The molecular weight excluding hydrogens is 302 g/mol. The van der Waals surface area contributed by atoms with Crippen LogP contribution in [-0.2, 0) is 10.2 Å². The first-order valence-electron chi connectivity index (χ1n) is 6.24. The molecule has 1 saturated heterocycles. The average Bonchev–Trinajstić information content (AvgIpc) is 2.37. The Labute approximate surface area is 115 Å². The molecule has 120 valence electrons. The second-order valence-corrected chi connectivity index (χ2v) is 6.57. The van der Waals surface area contributed by atoms with E-state index in [9.17, 15) is 26.0 Å². The fraction of sp³-hybridized carbons (Fsp3) is 1.00. The SMILES string of the molecule is CNCC1CCCN(S(=O)(=O)NCC(F)(F)C(F)F)C1. The van der Waals surface area contributed by atoms with Gasteiger partial charge in [0.15, 0.2) is 0 Å². The number of nitrogens with zero attached hydrogens (tertiary/aromatic N) is 1. The zero-order valence-corrected chi connectivity index (χ0v) is 11.9. The maximum Gasteiger partial charge on any atom is 0.320 e. The van der Waals surface area contributed by atoms with Crippen LogP contribution in [0.25, 0.3) is 0 Å². The van der Waals surface area contributed by atoms with Crippen molar-refractivity contribution in [2.75, 3.05) is 33.2 Å². The predicted molar refractivity (Wildman–Crippen MR) is 66.1 cm³/mol. The van der Waals surface area contributed by atoms with Crippen molar-refractivity contribution in [2.45, 2.75) is 25.2 Å². The van der Waals surface area contributed by atoms with E-state index in [1.807, 2.05) is 0 Å². The number of hydrogen-bond donors (Lipinski definition) is 2. The van der Waals surface area contributed by atoms with Crippen molar-refractivity contribution in [2.24, 2.45) is 5.92 Å². The van der Waals surface area contributed by atoms with E-state index in [0.717, 1.165) is 10.7 Å². The van der Waals surface area contributed by atoms with Gasteiger partial charge in [-0.3, -0.25) is 0 Å². The lowest BCUT2D eigenvalue weighted by Gasteiger charge is -2.32. The summed E-state index contributed by atoms with van der Waals surface area (Å²) in [5, 5.41) is 2.92. The number of piperidine rings is 1. The predicted octanol–water partition coefficient (Wildman–Crippen LogP) is 0.653. The number of alkyl halides is 4. The highest BCUT2D eigenvalue weighted by molar-refractivity contribution is 7.87. The molecule has 0 aromatic heterocycles. The van der Waals surface area contributed by atoms with Gasteiger partial charge < -0.3 is 5.32 Å². The van der Waals surface area contributed by atoms with Crippen LogP contribution in [0.4, 0.5) is 17.6 Å². The molecule has 0 aliphatic carbocycles. The molecule has 1 fully saturated rings. The summed E-state index contributed by atoms with van der Waals surface area (Å²) >= 11 is 0. The Morgan fingerprint density at radius 2 is 2.05 bits per heavy atom. The molecule has 1 aliphatic heterocycles. The number of halogens is 4. The molecule has 1 heterocycles. The van der Waals surface area contributed by atoms with Gasteiger partial charge in [0.1, 0.15) is 0 Å². The average molecular weight is 321 g/mol. The minimum Gasteiger partial charge on any atom is -0.319 e. The van der Waals surface area contributed by atoms with E-state index in [1.165, 1.54) is 0 Å². The zero-order chi connectivity index (χ0) is 15.4. The summed E-state index contributed by atoms with van der Waals surface area (Å²) in [6.07, 6.45) is -2.46. The summed E-state index contributed by atoms with van der Waals surface area (Å²) in [4.78, 5) is 0. The van der Waals surface area contributed by atoms with Crippen molar-refractivity contribution in [3.8, 4) is 0 Å². The first-order chi connectivity index (χ1) is 9.19. The smallest absolute Gasteiger partial charge is 0.319 e. The zero-order valence-electron chi connectivity index (χ0n) is 11.1. The Morgan fingerprint density at radius 3 is 2.60 bits per heavy atom.